The minimum Gasteiger partial charge on any atom is -0.322 e. The molecule has 5 nitrogen and oxygen atoms in total. The number of hydrogen-bond donors (Lipinski definition) is 1. The fourth-order valence-electron chi connectivity index (χ4n) is 1.95. The highest BCUT2D eigenvalue weighted by atomic mass is 32.2. The van der Waals surface area contributed by atoms with E-state index in [1.54, 1.807) is 20.8 Å². The van der Waals surface area contributed by atoms with Crippen LogP contribution in [0.5, 0.6) is 0 Å². The molecule has 0 unspecified atom stereocenters. The minimum absolute atomic E-state index is 0.126. The average molecular weight is 368 g/mol. The molecule has 0 bridgehead atoms. The van der Waals surface area contributed by atoms with Crippen molar-refractivity contribution < 1.29 is 23.2 Å². The van der Waals surface area contributed by atoms with Crippen molar-refractivity contribution in [3.8, 4) is 0 Å². The van der Waals surface area contributed by atoms with Gasteiger partial charge < -0.3 is 5.32 Å². The molecule has 1 aliphatic heterocycles. The molecule has 1 N–H and O–H groups in total. The van der Waals surface area contributed by atoms with Crippen molar-refractivity contribution in [1.82, 2.24) is 4.90 Å². The quantitative estimate of drug-likeness (QED) is 0.830. The van der Waals surface area contributed by atoms with Crippen molar-refractivity contribution in [2.45, 2.75) is 20.8 Å². The zero-order chi connectivity index (χ0) is 18.8. The van der Waals surface area contributed by atoms with E-state index in [1.807, 2.05) is 0 Å². The van der Waals surface area contributed by atoms with Crippen LogP contribution in [0.2, 0.25) is 0 Å². The lowest BCUT2D eigenvalue weighted by atomic mass is 9.91. The number of amides is 2. The molecular weight excluding hydrogens is 350 g/mol. The highest BCUT2D eigenvalue weighted by molar-refractivity contribution is 8.04. The van der Waals surface area contributed by atoms with Crippen LogP contribution < -0.4 is 5.32 Å². The Labute approximate surface area is 148 Å². The summed E-state index contributed by atoms with van der Waals surface area (Å²) in [5.41, 5.74) is -0.785. The Morgan fingerprint density at radius 3 is 2.60 bits per heavy atom. The van der Waals surface area contributed by atoms with Crippen molar-refractivity contribution >= 4 is 35.0 Å². The molecule has 2 rings (SSSR count). The number of halogens is 2. The molecule has 1 aromatic carbocycles. The number of hydrogen-bond acceptors (Lipinski definition) is 4. The molecule has 25 heavy (non-hydrogen) atoms. The molecule has 1 heterocycles. The number of thioether (sulfide) groups is 1. The molecule has 8 heteroatoms. The molecule has 2 amide bonds. The molecule has 134 valence electrons. The second kappa shape index (κ2) is 7.35. The van der Waals surface area contributed by atoms with Crippen LogP contribution in [-0.2, 0) is 14.4 Å². The predicted octanol–water partition coefficient (Wildman–Crippen LogP) is 2.94. The smallest absolute Gasteiger partial charge is 0.244 e. The molecule has 0 aromatic heterocycles. The van der Waals surface area contributed by atoms with Gasteiger partial charge in [-0.15, -0.1) is 0 Å². The first-order valence-electron chi connectivity index (χ1n) is 7.52. The number of nitrogens with one attached hydrogen (secondary N) is 1. The molecule has 1 aromatic rings. The van der Waals surface area contributed by atoms with Gasteiger partial charge in [-0.3, -0.25) is 19.3 Å². The normalized spacial score (nSPS) is 16.4. The Morgan fingerprint density at radius 1 is 1.32 bits per heavy atom. The predicted molar refractivity (Wildman–Crippen MR) is 91.7 cm³/mol. The zero-order valence-corrected chi connectivity index (χ0v) is 14.9. The van der Waals surface area contributed by atoms with Crippen molar-refractivity contribution in [2.24, 2.45) is 5.41 Å². The Balaban J connectivity index is 2.11. The SMILES string of the molecule is CC(C)(C)C(=O)/C=C1\SCC(=O)N1CC(=O)Nc1ccc(F)cc1F. The van der Waals surface area contributed by atoms with Gasteiger partial charge in [0, 0.05) is 17.6 Å². The molecular formula is C17H18F2N2O3S. The van der Waals surface area contributed by atoms with Gasteiger partial charge in [0.15, 0.2) is 5.78 Å². The summed E-state index contributed by atoms with van der Waals surface area (Å²) in [6, 6.07) is 2.77. The van der Waals surface area contributed by atoms with Gasteiger partial charge in [-0.1, -0.05) is 32.5 Å². The minimum atomic E-state index is -0.908. The number of allylic oxidation sites excluding steroid dienone is 1. The van der Waals surface area contributed by atoms with Gasteiger partial charge in [-0.05, 0) is 12.1 Å². The summed E-state index contributed by atoms with van der Waals surface area (Å²) in [7, 11) is 0. The lowest BCUT2D eigenvalue weighted by Gasteiger charge is -2.19. The van der Waals surface area contributed by atoms with Gasteiger partial charge in [0.05, 0.1) is 16.5 Å². The summed E-state index contributed by atoms with van der Waals surface area (Å²) in [6.45, 7) is 4.90. The molecule has 0 spiro atoms. The number of carbonyl (C=O) groups excluding carboxylic acids is 3. The van der Waals surface area contributed by atoms with E-state index < -0.39 is 23.0 Å². The first-order chi connectivity index (χ1) is 11.6. The lowest BCUT2D eigenvalue weighted by Crippen LogP contribution is -2.34. The summed E-state index contributed by atoms with van der Waals surface area (Å²) in [6.07, 6.45) is 1.35. The fourth-order valence-corrected chi connectivity index (χ4v) is 2.89. The third-order valence-electron chi connectivity index (χ3n) is 3.41. The van der Waals surface area contributed by atoms with Gasteiger partial charge in [0.2, 0.25) is 11.8 Å². The molecule has 0 saturated carbocycles. The number of nitrogens with zero attached hydrogens (tertiary/aromatic N) is 1. The standard InChI is InChI=1S/C17H18F2N2O3S/c1-17(2,3)13(22)7-16-21(15(24)9-25-16)8-14(23)20-12-5-4-10(18)6-11(12)19/h4-7H,8-9H2,1-3H3,(H,20,23)/b16-7-. The average Bonchev–Trinajstić information content (AvgIpc) is 2.82. The second-order valence-electron chi connectivity index (χ2n) is 6.54. The van der Waals surface area contributed by atoms with E-state index in [0.29, 0.717) is 11.1 Å². The molecule has 1 fully saturated rings. The van der Waals surface area contributed by atoms with E-state index in [0.717, 1.165) is 12.1 Å². The number of rotatable bonds is 4. The Kier molecular flexibility index (Phi) is 5.62. The third-order valence-corrected chi connectivity index (χ3v) is 4.44. The van der Waals surface area contributed by atoms with E-state index in [1.165, 1.54) is 22.7 Å². The second-order valence-corrected chi connectivity index (χ2v) is 7.53. The summed E-state index contributed by atoms with van der Waals surface area (Å²) < 4.78 is 26.5. The molecule has 1 aliphatic rings. The highest BCUT2D eigenvalue weighted by Gasteiger charge is 2.31. The number of anilines is 1. The molecule has 0 radical (unpaired) electrons. The summed E-state index contributed by atoms with van der Waals surface area (Å²) >= 11 is 1.17. The first-order valence-corrected chi connectivity index (χ1v) is 8.50. The van der Waals surface area contributed by atoms with Crippen LogP contribution >= 0.6 is 11.8 Å². The Bertz CT molecular complexity index is 757. The number of carbonyl (C=O) groups is 3. The van der Waals surface area contributed by atoms with Crippen molar-refractivity contribution in [2.75, 3.05) is 17.6 Å². The van der Waals surface area contributed by atoms with Crippen LogP contribution in [0.25, 0.3) is 0 Å². The summed E-state index contributed by atoms with van der Waals surface area (Å²) in [5, 5.41) is 2.68. The van der Waals surface area contributed by atoms with E-state index in [2.05, 4.69) is 5.32 Å². The molecule has 0 atom stereocenters. The van der Waals surface area contributed by atoms with E-state index in [9.17, 15) is 23.2 Å². The number of benzene rings is 1. The maximum Gasteiger partial charge on any atom is 0.244 e. The molecule has 0 aliphatic carbocycles. The first kappa shape index (κ1) is 19.1. The summed E-state index contributed by atoms with van der Waals surface area (Å²) in [5.74, 6) is -2.66. The Morgan fingerprint density at radius 2 is 2.00 bits per heavy atom. The maximum atomic E-state index is 13.6. The largest absolute Gasteiger partial charge is 0.322 e. The Hall–Kier alpha value is -2.22. The lowest BCUT2D eigenvalue weighted by molar-refractivity contribution is -0.129. The topological polar surface area (TPSA) is 66.5 Å². The van der Waals surface area contributed by atoms with Crippen molar-refractivity contribution in [3.05, 3.63) is 40.9 Å². The van der Waals surface area contributed by atoms with Crippen LogP contribution in [0.1, 0.15) is 20.8 Å². The van der Waals surface area contributed by atoms with Gasteiger partial charge >= 0.3 is 0 Å². The van der Waals surface area contributed by atoms with Crippen molar-refractivity contribution in [3.63, 3.8) is 0 Å². The van der Waals surface area contributed by atoms with Gasteiger partial charge in [0.1, 0.15) is 18.2 Å². The van der Waals surface area contributed by atoms with Crippen LogP contribution in [0.15, 0.2) is 29.3 Å². The van der Waals surface area contributed by atoms with Crippen molar-refractivity contribution in [1.29, 1.82) is 0 Å². The van der Waals surface area contributed by atoms with Gasteiger partial charge in [0.25, 0.3) is 0 Å². The number of ketones is 1. The highest BCUT2D eigenvalue weighted by Crippen LogP contribution is 2.30. The van der Waals surface area contributed by atoms with Gasteiger partial charge in [-0.2, -0.15) is 0 Å². The van der Waals surface area contributed by atoms with Crippen LogP contribution in [-0.4, -0.2) is 34.8 Å². The monoisotopic (exact) mass is 368 g/mol. The van der Waals surface area contributed by atoms with Crippen LogP contribution in [0.4, 0.5) is 14.5 Å². The van der Waals surface area contributed by atoms with Crippen LogP contribution in [0.3, 0.4) is 0 Å². The third kappa shape index (κ3) is 4.88. The van der Waals surface area contributed by atoms with Gasteiger partial charge in [-0.25, -0.2) is 8.78 Å². The molecule has 1 saturated heterocycles. The zero-order valence-electron chi connectivity index (χ0n) is 14.1. The van der Waals surface area contributed by atoms with E-state index in [4.69, 9.17) is 0 Å². The van der Waals surface area contributed by atoms with E-state index >= 15 is 0 Å². The fraction of sp³-hybridized carbons (Fsp3) is 0.353. The van der Waals surface area contributed by atoms with Crippen LogP contribution in [0, 0.1) is 17.0 Å². The van der Waals surface area contributed by atoms with E-state index in [-0.39, 0.29) is 29.7 Å². The summed E-state index contributed by atoms with van der Waals surface area (Å²) in [4.78, 5) is 37.4. The maximum absolute atomic E-state index is 13.6.